The first-order valence-electron chi connectivity index (χ1n) is 10.3. The van der Waals surface area contributed by atoms with Gasteiger partial charge in [-0.2, -0.15) is 0 Å². The van der Waals surface area contributed by atoms with E-state index in [4.69, 9.17) is 14.2 Å². The van der Waals surface area contributed by atoms with E-state index >= 15 is 0 Å². The van der Waals surface area contributed by atoms with Gasteiger partial charge in [0.1, 0.15) is 5.75 Å². The summed E-state index contributed by atoms with van der Waals surface area (Å²) >= 11 is 1.72. The van der Waals surface area contributed by atoms with Crippen LogP contribution in [-0.2, 0) is 4.79 Å². The molecule has 2 heterocycles. The lowest BCUT2D eigenvalue weighted by molar-refractivity contribution is -0.143. The lowest BCUT2D eigenvalue weighted by atomic mass is 9.90. The Bertz CT molecular complexity index is 1070. The van der Waals surface area contributed by atoms with Crippen molar-refractivity contribution in [2.45, 2.75) is 18.9 Å². The molecule has 1 aliphatic heterocycles. The molecule has 3 aromatic rings. The molecule has 1 N–H and O–H groups in total. The topological polar surface area (TPSA) is 68.2 Å². The summed E-state index contributed by atoms with van der Waals surface area (Å²) in [5, 5.41) is 12.9. The lowest BCUT2D eigenvalue weighted by Gasteiger charge is -2.37. The van der Waals surface area contributed by atoms with Crippen molar-refractivity contribution >= 4 is 27.4 Å². The van der Waals surface area contributed by atoms with Gasteiger partial charge in [-0.15, -0.1) is 11.3 Å². The van der Waals surface area contributed by atoms with Crippen molar-refractivity contribution in [1.29, 1.82) is 0 Å². The molecule has 7 heteroatoms. The van der Waals surface area contributed by atoms with Crippen LogP contribution in [0.1, 0.15) is 30.0 Å². The van der Waals surface area contributed by atoms with E-state index in [1.54, 1.807) is 32.7 Å². The fourth-order valence-electron chi connectivity index (χ4n) is 4.44. The van der Waals surface area contributed by atoms with Gasteiger partial charge in [-0.1, -0.05) is 18.2 Å². The summed E-state index contributed by atoms with van der Waals surface area (Å²) in [5.41, 5.74) is 2.18. The average molecular weight is 442 g/mol. The molecule has 0 amide bonds. The Labute approximate surface area is 186 Å². The van der Waals surface area contributed by atoms with Crippen LogP contribution in [0.4, 0.5) is 0 Å². The number of thiophene rings is 1. The van der Waals surface area contributed by atoms with Crippen LogP contribution in [0.25, 0.3) is 10.1 Å². The van der Waals surface area contributed by atoms with Gasteiger partial charge < -0.3 is 19.3 Å². The molecule has 0 spiro atoms. The Balaban J connectivity index is 1.85. The molecule has 4 rings (SSSR count). The number of nitrogens with zero attached hydrogens (tertiary/aromatic N) is 1. The van der Waals surface area contributed by atoms with E-state index in [9.17, 15) is 9.90 Å². The SMILES string of the molecule is COc1cc(OC)c(C(c2csc3ccccc23)N2CCC(C(=O)O)CC2)cc1OC. The number of hydrogen-bond acceptors (Lipinski definition) is 6. The van der Waals surface area contributed by atoms with E-state index in [0.717, 1.165) is 11.3 Å². The Hall–Kier alpha value is -2.77. The molecule has 1 saturated heterocycles. The highest BCUT2D eigenvalue weighted by Crippen LogP contribution is 2.45. The number of carboxylic acids is 1. The number of likely N-dealkylation sites (tertiary alicyclic amines) is 1. The van der Waals surface area contributed by atoms with Crippen LogP contribution in [-0.4, -0.2) is 50.4 Å². The number of fused-ring (bicyclic) bond motifs is 1. The molecule has 1 fully saturated rings. The number of hydrogen-bond donors (Lipinski definition) is 1. The minimum Gasteiger partial charge on any atom is -0.496 e. The highest BCUT2D eigenvalue weighted by Gasteiger charge is 2.33. The molecule has 0 radical (unpaired) electrons. The predicted molar refractivity (Wildman–Crippen MR) is 122 cm³/mol. The van der Waals surface area contributed by atoms with Crippen molar-refractivity contribution in [3.63, 3.8) is 0 Å². The summed E-state index contributed by atoms with van der Waals surface area (Å²) in [6.45, 7) is 1.40. The first-order valence-corrected chi connectivity index (χ1v) is 11.2. The zero-order valence-corrected chi connectivity index (χ0v) is 18.8. The van der Waals surface area contributed by atoms with E-state index in [1.807, 2.05) is 18.2 Å². The van der Waals surface area contributed by atoms with Crippen LogP contribution in [0.2, 0.25) is 0 Å². The van der Waals surface area contributed by atoms with Crippen molar-refractivity contribution in [1.82, 2.24) is 4.90 Å². The maximum Gasteiger partial charge on any atom is 0.306 e. The van der Waals surface area contributed by atoms with Crippen LogP contribution in [0.5, 0.6) is 17.2 Å². The first-order chi connectivity index (χ1) is 15.1. The highest BCUT2D eigenvalue weighted by molar-refractivity contribution is 7.17. The van der Waals surface area contributed by atoms with Gasteiger partial charge in [-0.3, -0.25) is 9.69 Å². The molecule has 1 aliphatic rings. The quantitative estimate of drug-likeness (QED) is 0.567. The van der Waals surface area contributed by atoms with Crippen molar-refractivity contribution in [2.24, 2.45) is 5.92 Å². The van der Waals surface area contributed by atoms with Gasteiger partial charge in [0.15, 0.2) is 11.5 Å². The van der Waals surface area contributed by atoms with Gasteiger partial charge in [0.25, 0.3) is 0 Å². The fraction of sp³-hybridized carbons (Fsp3) is 0.375. The average Bonchev–Trinajstić information content (AvgIpc) is 3.23. The number of piperidine rings is 1. The molecule has 0 bridgehead atoms. The van der Waals surface area contributed by atoms with Gasteiger partial charge in [0, 0.05) is 16.3 Å². The van der Waals surface area contributed by atoms with Gasteiger partial charge in [0.2, 0.25) is 0 Å². The largest absolute Gasteiger partial charge is 0.496 e. The van der Waals surface area contributed by atoms with E-state index in [2.05, 4.69) is 28.5 Å². The molecular weight excluding hydrogens is 414 g/mol. The van der Waals surface area contributed by atoms with Crippen LogP contribution < -0.4 is 14.2 Å². The maximum atomic E-state index is 11.5. The molecule has 1 unspecified atom stereocenters. The van der Waals surface area contributed by atoms with Gasteiger partial charge in [-0.25, -0.2) is 0 Å². The Morgan fingerprint density at radius 2 is 1.65 bits per heavy atom. The number of carbonyl (C=O) groups is 1. The Morgan fingerprint density at radius 1 is 1.00 bits per heavy atom. The molecule has 2 aromatic carbocycles. The Kier molecular flexibility index (Phi) is 6.34. The summed E-state index contributed by atoms with van der Waals surface area (Å²) in [5.74, 6) is 0.979. The second-order valence-electron chi connectivity index (χ2n) is 7.69. The minimum atomic E-state index is -0.708. The van der Waals surface area contributed by atoms with E-state index in [-0.39, 0.29) is 12.0 Å². The van der Waals surface area contributed by atoms with E-state index < -0.39 is 5.97 Å². The molecule has 164 valence electrons. The second kappa shape index (κ2) is 9.16. The van der Waals surface area contributed by atoms with Gasteiger partial charge >= 0.3 is 5.97 Å². The summed E-state index contributed by atoms with van der Waals surface area (Å²) in [6.07, 6.45) is 1.26. The predicted octanol–water partition coefficient (Wildman–Crippen LogP) is 4.81. The van der Waals surface area contributed by atoms with Gasteiger partial charge in [0.05, 0.1) is 33.3 Å². The fourth-order valence-corrected chi connectivity index (χ4v) is 5.42. The number of ether oxygens (including phenoxy) is 3. The third-order valence-corrected chi connectivity index (χ3v) is 7.06. The zero-order chi connectivity index (χ0) is 22.0. The molecule has 1 atom stereocenters. The molecule has 6 nitrogen and oxygen atoms in total. The van der Waals surface area contributed by atoms with E-state index in [0.29, 0.717) is 37.4 Å². The van der Waals surface area contributed by atoms with Crippen LogP contribution in [0.15, 0.2) is 41.8 Å². The standard InChI is InChI=1S/C24H27NO5S/c1-28-19-13-21(30-3)20(29-2)12-17(19)23(25-10-8-15(9-11-25)24(26)27)18-14-31-22-7-5-4-6-16(18)22/h4-7,12-15,23H,8-11H2,1-3H3,(H,26,27). The number of carboxylic acid groups (broad SMARTS) is 1. The monoisotopic (exact) mass is 441 g/mol. The molecule has 0 saturated carbocycles. The zero-order valence-electron chi connectivity index (χ0n) is 18.0. The number of benzene rings is 2. The molecule has 1 aromatic heterocycles. The van der Waals surface area contributed by atoms with Crippen molar-refractivity contribution in [3.8, 4) is 17.2 Å². The second-order valence-corrected chi connectivity index (χ2v) is 8.60. The van der Waals surface area contributed by atoms with Crippen molar-refractivity contribution in [2.75, 3.05) is 34.4 Å². The van der Waals surface area contributed by atoms with Crippen LogP contribution in [0, 0.1) is 5.92 Å². The van der Waals surface area contributed by atoms with Crippen LogP contribution >= 0.6 is 11.3 Å². The van der Waals surface area contributed by atoms with Gasteiger partial charge in [-0.05, 0) is 54.4 Å². The molecule has 0 aliphatic carbocycles. The number of rotatable bonds is 7. The molecular formula is C24H27NO5S. The highest BCUT2D eigenvalue weighted by atomic mass is 32.1. The van der Waals surface area contributed by atoms with Crippen LogP contribution in [0.3, 0.4) is 0 Å². The smallest absolute Gasteiger partial charge is 0.306 e. The summed E-state index contributed by atoms with van der Waals surface area (Å²) in [4.78, 5) is 13.9. The third kappa shape index (κ3) is 4.07. The van der Waals surface area contributed by atoms with Crippen molar-refractivity contribution < 1.29 is 24.1 Å². The van der Waals surface area contributed by atoms with Crippen molar-refractivity contribution in [3.05, 3.63) is 52.9 Å². The van der Waals surface area contributed by atoms with E-state index in [1.165, 1.54) is 15.6 Å². The maximum absolute atomic E-state index is 11.5. The Morgan fingerprint density at radius 3 is 2.29 bits per heavy atom. The minimum absolute atomic E-state index is 0.0827. The normalized spacial score (nSPS) is 16.2. The number of methoxy groups -OCH3 is 3. The third-order valence-electron chi connectivity index (χ3n) is 6.08. The molecule has 31 heavy (non-hydrogen) atoms. The lowest BCUT2D eigenvalue weighted by Crippen LogP contribution is -2.39. The summed E-state index contributed by atoms with van der Waals surface area (Å²) < 4.78 is 18.1. The number of aliphatic carboxylic acids is 1. The summed E-state index contributed by atoms with van der Waals surface area (Å²) in [7, 11) is 4.89. The summed E-state index contributed by atoms with van der Waals surface area (Å²) in [6, 6.07) is 12.1. The first kappa shape index (κ1) is 21.5.